The summed E-state index contributed by atoms with van der Waals surface area (Å²) >= 11 is 0. The first-order valence-electron chi connectivity index (χ1n) is 6.66. The summed E-state index contributed by atoms with van der Waals surface area (Å²) in [6.45, 7) is 1.99. The molecule has 3 rings (SSSR count). The van der Waals surface area contributed by atoms with Crippen molar-refractivity contribution in [1.29, 1.82) is 0 Å². The van der Waals surface area contributed by atoms with Crippen LogP contribution in [0.15, 0.2) is 42.6 Å². The van der Waals surface area contributed by atoms with Crippen LogP contribution in [0.5, 0.6) is 0 Å². The third-order valence-electron chi connectivity index (χ3n) is 3.50. The second-order valence-electron chi connectivity index (χ2n) is 5.07. The highest BCUT2D eigenvalue weighted by Crippen LogP contribution is 2.23. The number of rotatable bonds is 3. The molecule has 1 aromatic carbocycles. The number of aliphatic hydroxyl groups excluding tert-OH is 1. The summed E-state index contributed by atoms with van der Waals surface area (Å²) in [5, 5.41) is 15.9. The average Bonchev–Trinajstić information content (AvgIpc) is 2.76. The Labute approximate surface area is 117 Å². The summed E-state index contributed by atoms with van der Waals surface area (Å²) < 4.78 is 1.85. The van der Waals surface area contributed by atoms with Crippen LogP contribution in [-0.4, -0.2) is 19.9 Å². The molecule has 0 saturated heterocycles. The largest absolute Gasteiger partial charge is 0.386 e. The van der Waals surface area contributed by atoms with Gasteiger partial charge in [-0.25, -0.2) is 0 Å². The summed E-state index contributed by atoms with van der Waals surface area (Å²) in [5.74, 6) is 0. The number of nitrogens with zero attached hydrogens (tertiary/aromatic N) is 3. The van der Waals surface area contributed by atoms with Crippen molar-refractivity contribution in [3.63, 3.8) is 0 Å². The van der Waals surface area contributed by atoms with Gasteiger partial charge in [-0.3, -0.25) is 9.67 Å². The SMILES string of the molecule is Cc1ccnc(C(O)Cc2nn(C)c3ccccc23)c1. The molecule has 4 heteroatoms. The van der Waals surface area contributed by atoms with Crippen molar-refractivity contribution in [2.24, 2.45) is 7.05 Å². The molecule has 1 atom stereocenters. The van der Waals surface area contributed by atoms with Gasteiger partial charge >= 0.3 is 0 Å². The van der Waals surface area contributed by atoms with Crippen molar-refractivity contribution in [1.82, 2.24) is 14.8 Å². The van der Waals surface area contributed by atoms with Gasteiger partial charge in [0, 0.05) is 25.1 Å². The lowest BCUT2D eigenvalue weighted by molar-refractivity contribution is 0.172. The minimum absolute atomic E-state index is 0.470. The maximum absolute atomic E-state index is 10.4. The van der Waals surface area contributed by atoms with E-state index >= 15 is 0 Å². The van der Waals surface area contributed by atoms with Crippen LogP contribution in [-0.2, 0) is 13.5 Å². The highest BCUT2D eigenvalue weighted by atomic mass is 16.3. The molecular weight excluding hydrogens is 250 g/mol. The number of hydrogen-bond acceptors (Lipinski definition) is 3. The highest BCUT2D eigenvalue weighted by molar-refractivity contribution is 5.81. The number of para-hydroxylation sites is 1. The summed E-state index contributed by atoms with van der Waals surface area (Å²) in [5.41, 5.74) is 3.77. The van der Waals surface area contributed by atoms with Gasteiger partial charge in [0.15, 0.2) is 0 Å². The Balaban J connectivity index is 1.93. The van der Waals surface area contributed by atoms with E-state index < -0.39 is 6.10 Å². The third-order valence-corrected chi connectivity index (χ3v) is 3.50. The smallest absolute Gasteiger partial charge is 0.102 e. The van der Waals surface area contributed by atoms with Gasteiger partial charge in [0.05, 0.1) is 16.9 Å². The number of hydrogen-bond donors (Lipinski definition) is 1. The van der Waals surface area contributed by atoms with E-state index in [1.54, 1.807) is 6.20 Å². The molecule has 0 aliphatic carbocycles. The molecule has 4 nitrogen and oxygen atoms in total. The van der Waals surface area contributed by atoms with Crippen molar-refractivity contribution in [3.8, 4) is 0 Å². The van der Waals surface area contributed by atoms with Gasteiger partial charge in [-0.15, -0.1) is 0 Å². The fraction of sp³-hybridized carbons (Fsp3) is 0.250. The Morgan fingerprint density at radius 3 is 2.85 bits per heavy atom. The molecular formula is C16H17N3O. The van der Waals surface area contributed by atoms with Gasteiger partial charge in [0.25, 0.3) is 0 Å². The highest BCUT2D eigenvalue weighted by Gasteiger charge is 2.15. The lowest BCUT2D eigenvalue weighted by Gasteiger charge is -2.09. The maximum atomic E-state index is 10.4. The van der Waals surface area contributed by atoms with E-state index in [2.05, 4.69) is 10.1 Å². The Morgan fingerprint density at radius 2 is 2.05 bits per heavy atom. The number of aromatic nitrogens is 3. The first-order chi connectivity index (χ1) is 9.65. The fourth-order valence-electron chi connectivity index (χ4n) is 2.47. The fourth-order valence-corrected chi connectivity index (χ4v) is 2.47. The Morgan fingerprint density at radius 1 is 1.25 bits per heavy atom. The molecule has 2 aromatic heterocycles. The summed E-state index contributed by atoms with van der Waals surface area (Å²) in [4.78, 5) is 4.24. The summed E-state index contributed by atoms with van der Waals surface area (Å²) in [6, 6.07) is 11.9. The van der Waals surface area contributed by atoms with Gasteiger partial charge in [-0.1, -0.05) is 18.2 Å². The van der Waals surface area contributed by atoms with Crippen LogP contribution in [0.4, 0.5) is 0 Å². The molecule has 1 N–H and O–H groups in total. The van der Waals surface area contributed by atoms with Crippen LogP contribution in [0.1, 0.15) is 23.1 Å². The molecule has 1 unspecified atom stereocenters. The third kappa shape index (κ3) is 2.30. The summed E-state index contributed by atoms with van der Waals surface area (Å²) in [6.07, 6.45) is 1.57. The standard InChI is InChI=1S/C16H17N3O/c1-11-7-8-17-14(9-11)16(20)10-13-12-5-3-4-6-15(12)19(2)18-13/h3-9,16,20H,10H2,1-2H3. The van der Waals surface area contributed by atoms with E-state index in [0.717, 1.165) is 22.2 Å². The van der Waals surface area contributed by atoms with Crippen molar-refractivity contribution in [2.75, 3.05) is 0 Å². The second kappa shape index (κ2) is 5.06. The zero-order valence-corrected chi connectivity index (χ0v) is 11.6. The second-order valence-corrected chi connectivity index (χ2v) is 5.07. The minimum atomic E-state index is -0.631. The molecule has 0 bridgehead atoms. The topological polar surface area (TPSA) is 50.9 Å². The van der Waals surface area contributed by atoms with E-state index in [9.17, 15) is 5.11 Å². The van der Waals surface area contributed by atoms with Crippen LogP contribution in [0.25, 0.3) is 10.9 Å². The monoisotopic (exact) mass is 267 g/mol. The molecule has 0 aliphatic rings. The predicted molar refractivity (Wildman–Crippen MR) is 78.4 cm³/mol. The number of benzene rings is 1. The van der Waals surface area contributed by atoms with Crippen molar-refractivity contribution >= 4 is 10.9 Å². The van der Waals surface area contributed by atoms with Gasteiger partial charge in [-0.05, 0) is 30.7 Å². The van der Waals surface area contributed by atoms with E-state index in [0.29, 0.717) is 12.1 Å². The zero-order valence-electron chi connectivity index (χ0n) is 11.6. The molecule has 2 heterocycles. The molecule has 0 fully saturated rings. The van der Waals surface area contributed by atoms with Crippen LogP contribution >= 0.6 is 0 Å². The van der Waals surface area contributed by atoms with Crippen LogP contribution in [0.2, 0.25) is 0 Å². The molecule has 0 saturated carbocycles. The predicted octanol–water partition coefficient (Wildman–Crippen LogP) is 2.55. The van der Waals surface area contributed by atoms with Crippen LogP contribution < -0.4 is 0 Å². The minimum Gasteiger partial charge on any atom is -0.386 e. The van der Waals surface area contributed by atoms with Crippen molar-refractivity contribution in [2.45, 2.75) is 19.4 Å². The first-order valence-corrected chi connectivity index (χ1v) is 6.66. The van der Waals surface area contributed by atoms with Crippen molar-refractivity contribution in [3.05, 3.63) is 59.5 Å². The summed E-state index contributed by atoms with van der Waals surface area (Å²) in [7, 11) is 1.92. The Bertz CT molecular complexity index is 748. The molecule has 20 heavy (non-hydrogen) atoms. The van der Waals surface area contributed by atoms with E-state index in [1.165, 1.54) is 0 Å². The molecule has 3 aromatic rings. The van der Waals surface area contributed by atoms with E-state index in [4.69, 9.17) is 0 Å². The lowest BCUT2D eigenvalue weighted by atomic mass is 10.1. The maximum Gasteiger partial charge on any atom is 0.102 e. The molecule has 0 amide bonds. The van der Waals surface area contributed by atoms with E-state index in [1.807, 2.05) is 55.1 Å². The number of aliphatic hydroxyl groups is 1. The number of pyridine rings is 1. The molecule has 0 spiro atoms. The van der Waals surface area contributed by atoms with E-state index in [-0.39, 0.29) is 0 Å². The number of aryl methyl sites for hydroxylation is 2. The van der Waals surface area contributed by atoms with Crippen LogP contribution in [0.3, 0.4) is 0 Å². The number of fused-ring (bicyclic) bond motifs is 1. The lowest BCUT2D eigenvalue weighted by Crippen LogP contribution is -2.05. The average molecular weight is 267 g/mol. The van der Waals surface area contributed by atoms with Crippen molar-refractivity contribution < 1.29 is 5.11 Å². The van der Waals surface area contributed by atoms with Gasteiger partial charge < -0.3 is 5.11 Å². The van der Waals surface area contributed by atoms with Gasteiger partial charge in [0.1, 0.15) is 6.10 Å². The van der Waals surface area contributed by atoms with Gasteiger partial charge in [0.2, 0.25) is 0 Å². The first kappa shape index (κ1) is 12.8. The Hall–Kier alpha value is -2.20. The quantitative estimate of drug-likeness (QED) is 0.793. The zero-order chi connectivity index (χ0) is 14.1. The molecule has 102 valence electrons. The van der Waals surface area contributed by atoms with Gasteiger partial charge in [-0.2, -0.15) is 5.10 Å². The normalized spacial score (nSPS) is 12.8. The molecule has 0 radical (unpaired) electrons. The Kier molecular flexibility index (Phi) is 3.24. The van der Waals surface area contributed by atoms with Crippen LogP contribution in [0, 0.1) is 6.92 Å². The molecule has 0 aliphatic heterocycles.